The zero-order valence-electron chi connectivity index (χ0n) is 10.5. The van der Waals surface area contributed by atoms with Crippen LogP contribution in [0.3, 0.4) is 0 Å². The maximum absolute atomic E-state index is 13.8. The average molecular weight is 307 g/mol. The van der Waals surface area contributed by atoms with Crippen LogP contribution in [0.1, 0.15) is 26.2 Å². The quantitative estimate of drug-likeness (QED) is 0.843. The molecule has 0 saturated heterocycles. The molecule has 0 amide bonds. The fraction of sp³-hybridized carbons (Fsp3) is 0.500. The van der Waals surface area contributed by atoms with Crippen LogP contribution in [0.4, 0.5) is 10.1 Å². The average Bonchev–Trinajstić information content (AvgIpc) is 2.68. The molecule has 2 rings (SSSR count). The Kier molecular flexibility index (Phi) is 4.03. The molecule has 2 atom stereocenters. The molecular formula is C12H16ClFN2O2S. The summed E-state index contributed by atoms with van der Waals surface area (Å²) in [6.07, 6.45) is 2.49. The number of benzene rings is 1. The van der Waals surface area contributed by atoms with Crippen molar-refractivity contribution in [3.8, 4) is 0 Å². The van der Waals surface area contributed by atoms with Crippen molar-refractivity contribution in [2.45, 2.75) is 37.1 Å². The minimum atomic E-state index is -3.93. The molecule has 0 aromatic heterocycles. The lowest BCUT2D eigenvalue weighted by atomic mass is 10.1. The zero-order chi connectivity index (χ0) is 14.2. The highest BCUT2D eigenvalue weighted by Crippen LogP contribution is 2.29. The van der Waals surface area contributed by atoms with Gasteiger partial charge in [-0.1, -0.05) is 18.5 Å². The first kappa shape index (κ1) is 14.6. The van der Waals surface area contributed by atoms with Crippen LogP contribution in [0.25, 0.3) is 0 Å². The summed E-state index contributed by atoms with van der Waals surface area (Å²) >= 11 is 5.62. The third-order valence-electron chi connectivity index (χ3n) is 3.32. The summed E-state index contributed by atoms with van der Waals surface area (Å²) in [7, 11) is -3.93. The van der Waals surface area contributed by atoms with Crippen LogP contribution in [0.2, 0.25) is 5.02 Å². The Labute approximate surface area is 117 Å². The summed E-state index contributed by atoms with van der Waals surface area (Å²) in [5.74, 6) is -0.489. The molecule has 1 fully saturated rings. The van der Waals surface area contributed by atoms with Crippen molar-refractivity contribution < 1.29 is 12.8 Å². The highest BCUT2D eigenvalue weighted by molar-refractivity contribution is 7.89. The van der Waals surface area contributed by atoms with E-state index in [-0.39, 0.29) is 16.8 Å². The van der Waals surface area contributed by atoms with Gasteiger partial charge >= 0.3 is 0 Å². The molecule has 19 heavy (non-hydrogen) atoms. The van der Waals surface area contributed by atoms with E-state index in [1.165, 1.54) is 6.07 Å². The van der Waals surface area contributed by atoms with E-state index in [4.69, 9.17) is 17.3 Å². The second kappa shape index (κ2) is 5.26. The molecule has 1 aromatic carbocycles. The first-order valence-corrected chi connectivity index (χ1v) is 7.92. The first-order valence-electron chi connectivity index (χ1n) is 6.06. The van der Waals surface area contributed by atoms with Gasteiger partial charge in [0.2, 0.25) is 10.0 Å². The van der Waals surface area contributed by atoms with E-state index < -0.39 is 20.7 Å². The molecule has 0 bridgehead atoms. The number of hydrogen-bond acceptors (Lipinski definition) is 3. The van der Waals surface area contributed by atoms with E-state index in [2.05, 4.69) is 11.6 Å². The number of nitrogens with one attached hydrogen (secondary N) is 1. The Morgan fingerprint density at radius 3 is 2.68 bits per heavy atom. The lowest BCUT2D eigenvalue weighted by Crippen LogP contribution is -2.33. The van der Waals surface area contributed by atoms with Crippen molar-refractivity contribution in [1.82, 2.24) is 4.72 Å². The van der Waals surface area contributed by atoms with Crippen molar-refractivity contribution in [3.63, 3.8) is 0 Å². The molecule has 1 aromatic rings. The summed E-state index contributed by atoms with van der Waals surface area (Å²) in [5.41, 5.74) is 5.63. The van der Waals surface area contributed by atoms with E-state index in [0.717, 1.165) is 25.3 Å². The largest absolute Gasteiger partial charge is 0.399 e. The molecule has 1 aliphatic carbocycles. The molecule has 1 aliphatic rings. The van der Waals surface area contributed by atoms with E-state index in [1.807, 2.05) is 0 Å². The van der Waals surface area contributed by atoms with Gasteiger partial charge in [0.25, 0.3) is 0 Å². The zero-order valence-corrected chi connectivity index (χ0v) is 12.1. The third kappa shape index (κ3) is 3.19. The number of hydrogen-bond donors (Lipinski definition) is 2. The minimum absolute atomic E-state index is 0.117. The van der Waals surface area contributed by atoms with Crippen molar-refractivity contribution >= 4 is 27.3 Å². The minimum Gasteiger partial charge on any atom is -0.399 e. The van der Waals surface area contributed by atoms with Crippen molar-refractivity contribution in [3.05, 3.63) is 23.0 Å². The van der Waals surface area contributed by atoms with Crippen LogP contribution >= 0.6 is 11.6 Å². The molecular weight excluding hydrogens is 291 g/mol. The van der Waals surface area contributed by atoms with E-state index in [1.54, 1.807) is 0 Å². The van der Waals surface area contributed by atoms with Gasteiger partial charge in [-0.05, 0) is 37.3 Å². The highest BCUT2D eigenvalue weighted by atomic mass is 35.5. The third-order valence-corrected chi connectivity index (χ3v) is 5.12. The highest BCUT2D eigenvalue weighted by Gasteiger charge is 2.29. The van der Waals surface area contributed by atoms with Gasteiger partial charge in [0.05, 0.1) is 5.02 Å². The molecule has 0 radical (unpaired) electrons. The molecule has 3 N–H and O–H groups in total. The van der Waals surface area contributed by atoms with Crippen LogP contribution in [0.5, 0.6) is 0 Å². The van der Waals surface area contributed by atoms with Crippen LogP contribution in [-0.2, 0) is 10.0 Å². The van der Waals surface area contributed by atoms with Gasteiger partial charge in [0.15, 0.2) is 5.82 Å². The summed E-state index contributed by atoms with van der Waals surface area (Å²) in [5, 5.41) is -0.292. The number of sulfonamides is 1. The van der Waals surface area contributed by atoms with Gasteiger partial charge in [0.1, 0.15) is 4.90 Å². The molecule has 2 unspecified atom stereocenters. The normalized spacial score (nSPS) is 23.7. The van der Waals surface area contributed by atoms with Crippen LogP contribution < -0.4 is 10.5 Å². The van der Waals surface area contributed by atoms with Crippen molar-refractivity contribution in [2.24, 2.45) is 5.92 Å². The van der Waals surface area contributed by atoms with Gasteiger partial charge < -0.3 is 5.73 Å². The maximum atomic E-state index is 13.8. The lowest BCUT2D eigenvalue weighted by Gasteiger charge is -2.14. The second-order valence-corrected chi connectivity index (χ2v) is 7.14. The predicted molar refractivity (Wildman–Crippen MR) is 72.9 cm³/mol. The Morgan fingerprint density at radius 1 is 1.42 bits per heavy atom. The fourth-order valence-corrected chi connectivity index (χ4v) is 4.08. The van der Waals surface area contributed by atoms with Gasteiger partial charge in [-0.3, -0.25) is 0 Å². The van der Waals surface area contributed by atoms with Crippen LogP contribution in [0, 0.1) is 11.7 Å². The summed E-state index contributed by atoms with van der Waals surface area (Å²) < 4.78 is 40.6. The van der Waals surface area contributed by atoms with Gasteiger partial charge in [0, 0.05) is 11.7 Å². The first-order chi connectivity index (χ1) is 8.79. The summed E-state index contributed by atoms with van der Waals surface area (Å²) in [6.45, 7) is 2.06. The standard InChI is InChI=1S/C12H16ClFN2O2S/c1-7-2-3-9(4-7)16-19(17,18)11-6-8(15)5-10(13)12(11)14/h5-7,9,16H,2-4,15H2,1H3. The Morgan fingerprint density at radius 2 is 2.11 bits per heavy atom. The predicted octanol–water partition coefficient (Wildman–Crippen LogP) is 2.53. The molecule has 4 nitrogen and oxygen atoms in total. The number of rotatable bonds is 3. The molecule has 0 aliphatic heterocycles. The van der Waals surface area contributed by atoms with Crippen molar-refractivity contribution in [2.75, 3.05) is 5.73 Å². The Bertz CT molecular complexity index is 592. The number of nitrogen functional groups attached to an aromatic ring is 1. The molecule has 7 heteroatoms. The van der Waals surface area contributed by atoms with E-state index >= 15 is 0 Å². The summed E-state index contributed by atoms with van der Waals surface area (Å²) in [4.78, 5) is -0.489. The monoisotopic (exact) mass is 306 g/mol. The topological polar surface area (TPSA) is 72.2 Å². The van der Waals surface area contributed by atoms with Gasteiger partial charge in [-0.2, -0.15) is 0 Å². The SMILES string of the molecule is CC1CCC(NS(=O)(=O)c2cc(N)cc(Cl)c2F)C1. The Balaban J connectivity index is 2.29. The van der Waals surface area contributed by atoms with Gasteiger partial charge in [-0.15, -0.1) is 0 Å². The van der Waals surface area contributed by atoms with E-state index in [0.29, 0.717) is 5.92 Å². The molecule has 106 valence electrons. The van der Waals surface area contributed by atoms with E-state index in [9.17, 15) is 12.8 Å². The molecule has 0 spiro atoms. The van der Waals surface area contributed by atoms with Gasteiger partial charge in [-0.25, -0.2) is 17.5 Å². The van der Waals surface area contributed by atoms with Crippen molar-refractivity contribution in [1.29, 1.82) is 0 Å². The molecule has 1 saturated carbocycles. The number of nitrogens with two attached hydrogens (primary N) is 1. The lowest BCUT2D eigenvalue weighted by molar-refractivity contribution is 0.528. The summed E-state index contributed by atoms with van der Waals surface area (Å²) in [6, 6.07) is 2.12. The fourth-order valence-electron chi connectivity index (χ4n) is 2.38. The number of anilines is 1. The smallest absolute Gasteiger partial charge is 0.243 e. The molecule has 0 heterocycles. The number of halogens is 2. The second-order valence-electron chi connectivity index (χ2n) is 5.05. The van der Waals surface area contributed by atoms with Crippen LogP contribution in [0.15, 0.2) is 17.0 Å². The Hall–Kier alpha value is -0.850. The van der Waals surface area contributed by atoms with Crippen LogP contribution in [-0.4, -0.2) is 14.5 Å². The maximum Gasteiger partial charge on any atom is 0.243 e.